The molecule has 0 N–H and O–H groups in total. The van der Waals surface area contributed by atoms with Gasteiger partial charge in [-0.2, -0.15) is 4.98 Å². The van der Waals surface area contributed by atoms with Crippen LogP contribution in [-0.4, -0.2) is 25.6 Å². The Morgan fingerprint density at radius 1 is 1.35 bits per heavy atom. The average molecular weight is 273 g/mol. The molecule has 0 aromatic carbocycles. The summed E-state index contributed by atoms with van der Waals surface area (Å²) in [7, 11) is 0. The standard InChI is InChI=1S/C10H10Cl2N4O/c1-5-2-3-6(17-5)16-4-13-7-8(11)14-10(12)15-9(7)16/h4-6H,2-3H2,1H3. The lowest BCUT2D eigenvalue weighted by Gasteiger charge is -2.12. The molecule has 0 amide bonds. The van der Waals surface area contributed by atoms with Crippen molar-refractivity contribution < 1.29 is 4.74 Å². The summed E-state index contributed by atoms with van der Waals surface area (Å²) in [6.07, 6.45) is 3.84. The number of nitrogens with zero attached hydrogens (tertiary/aromatic N) is 4. The van der Waals surface area contributed by atoms with Gasteiger partial charge in [0.15, 0.2) is 10.8 Å². The van der Waals surface area contributed by atoms with Crippen molar-refractivity contribution in [2.24, 2.45) is 0 Å². The van der Waals surface area contributed by atoms with Crippen molar-refractivity contribution in [3.63, 3.8) is 0 Å². The van der Waals surface area contributed by atoms with Gasteiger partial charge in [0.2, 0.25) is 5.28 Å². The normalized spacial score (nSPS) is 24.6. The minimum Gasteiger partial charge on any atom is -0.355 e. The van der Waals surface area contributed by atoms with Crippen LogP contribution >= 0.6 is 23.2 Å². The first kappa shape index (κ1) is 11.2. The fourth-order valence-corrected chi connectivity index (χ4v) is 2.48. The van der Waals surface area contributed by atoms with Crippen LogP contribution < -0.4 is 0 Å². The maximum Gasteiger partial charge on any atom is 0.225 e. The molecule has 0 radical (unpaired) electrons. The van der Waals surface area contributed by atoms with Gasteiger partial charge < -0.3 is 4.74 Å². The van der Waals surface area contributed by atoms with Crippen LogP contribution in [0.25, 0.3) is 11.2 Å². The zero-order valence-corrected chi connectivity index (χ0v) is 10.6. The van der Waals surface area contributed by atoms with Crippen molar-refractivity contribution in [1.29, 1.82) is 0 Å². The van der Waals surface area contributed by atoms with Crippen LogP contribution in [0.15, 0.2) is 6.33 Å². The van der Waals surface area contributed by atoms with Crippen molar-refractivity contribution in [1.82, 2.24) is 19.5 Å². The van der Waals surface area contributed by atoms with Crippen LogP contribution in [0.2, 0.25) is 10.4 Å². The second-order valence-corrected chi connectivity index (χ2v) is 4.78. The summed E-state index contributed by atoms with van der Waals surface area (Å²) < 4.78 is 7.63. The minimum atomic E-state index is -0.0444. The maximum absolute atomic E-state index is 5.96. The number of hydrogen-bond acceptors (Lipinski definition) is 4. The summed E-state index contributed by atoms with van der Waals surface area (Å²) in [6.45, 7) is 2.05. The Morgan fingerprint density at radius 3 is 2.88 bits per heavy atom. The van der Waals surface area contributed by atoms with Gasteiger partial charge in [0.05, 0.1) is 12.4 Å². The van der Waals surface area contributed by atoms with E-state index in [0.717, 1.165) is 12.8 Å². The minimum absolute atomic E-state index is 0.0444. The maximum atomic E-state index is 5.96. The largest absolute Gasteiger partial charge is 0.355 e. The Labute approximate surface area is 108 Å². The average Bonchev–Trinajstić information content (AvgIpc) is 2.83. The highest BCUT2D eigenvalue weighted by molar-refractivity contribution is 6.35. The Bertz CT molecular complexity index is 571. The van der Waals surface area contributed by atoms with Gasteiger partial charge >= 0.3 is 0 Å². The SMILES string of the molecule is CC1CCC(n2cnc3c(Cl)nc(Cl)nc32)O1. The van der Waals surface area contributed by atoms with E-state index < -0.39 is 0 Å². The molecule has 2 aromatic heterocycles. The molecule has 1 fully saturated rings. The molecule has 1 saturated heterocycles. The number of rotatable bonds is 1. The highest BCUT2D eigenvalue weighted by atomic mass is 35.5. The molecule has 0 bridgehead atoms. The number of imidazole rings is 1. The van der Waals surface area contributed by atoms with Gasteiger partial charge in [0.1, 0.15) is 11.7 Å². The summed E-state index contributed by atoms with van der Waals surface area (Å²) in [5.41, 5.74) is 1.17. The van der Waals surface area contributed by atoms with Gasteiger partial charge in [-0.3, -0.25) is 4.57 Å². The van der Waals surface area contributed by atoms with Gasteiger partial charge in [0.25, 0.3) is 0 Å². The van der Waals surface area contributed by atoms with Crippen LogP contribution in [0.4, 0.5) is 0 Å². The van der Waals surface area contributed by atoms with Gasteiger partial charge in [-0.15, -0.1) is 0 Å². The second-order valence-electron chi connectivity index (χ2n) is 4.09. The molecule has 1 aliphatic rings. The van der Waals surface area contributed by atoms with E-state index in [1.54, 1.807) is 6.33 Å². The summed E-state index contributed by atoms with van der Waals surface area (Å²) in [5, 5.41) is 0.389. The molecule has 0 spiro atoms. The molecule has 3 heterocycles. The molecule has 0 saturated carbocycles. The van der Waals surface area contributed by atoms with Gasteiger partial charge in [-0.1, -0.05) is 11.6 Å². The fourth-order valence-electron chi connectivity index (χ4n) is 2.05. The smallest absolute Gasteiger partial charge is 0.225 e. The number of hydrogen-bond donors (Lipinski definition) is 0. The fraction of sp³-hybridized carbons (Fsp3) is 0.500. The van der Waals surface area contributed by atoms with Crippen LogP contribution in [0, 0.1) is 0 Å². The van der Waals surface area contributed by atoms with E-state index in [9.17, 15) is 0 Å². The summed E-state index contributed by atoms with van der Waals surface area (Å²) in [4.78, 5) is 12.2. The van der Waals surface area contributed by atoms with E-state index in [-0.39, 0.29) is 22.8 Å². The Balaban J connectivity index is 2.11. The second kappa shape index (κ2) is 4.08. The molecule has 2 aromatic rings. The van der Waals surface area contributed by atoms with E-state index >= 15 is 0 Å². The Morgan fingerprint density at radius 2 is 2.18 bits per heavy atom. The summed E-state index contributed by atoms with van der Waals surface area (Å²) in [6, 6.07) is 0. The molecular formula is C10H10Cl2N4O. The van der Waals surface area contributed by atoms with Crippen molar-refractivity contribution in [2.45, 2.75) is 32.1 Å². The third-order valence-electron chi connectivity index (χ3n) is 2.87. The third kappa shape index (κ3) is 1.88. The first-order valence-corrected chi connectivity index (χ1v) is 6.12. The predicted molar refractivity (Wildman–Crippen MR) is 64.2 cm³/mol. The molecule has 3 rings (SSSR count). The zero-order valence-electron chi connectivity index (χ0n) is 9.10. The molecule has 2 atom stereocenters. The molecule has 5 nitrogen and oxygen atoms in total. The number of aromatic nitrogens is 4. The predicted octanol–water partition coefficient (Wildman–Crippen LogP) is 2.83. The monoisotopic (exact) mass is 272 g/mol. The van der Waals surface area contributed by atoms with E-state index in [4.69, 9.17) is 27.9 Å². The van der Waals surface area contributed by atoms with Crippen molar-refractivity contribution in [3.05, 3.63) is 16.8 Å². The van der Waals surface area contributed by atoms with Crippen LogP contribution in [0.3, 0.4) is 0 Å². The van der Waals surface area contributed by atoms with Gasteiger partial charge in [-0.05, 0) is 31.4 Å². The molecule has 7 heteroatoms. The number of halogens is 2. The van der Waals surface area contributed by atoms with Gasteiger partial charge in [0, 0.05) is 0 Å². The van der Waals surface area contributed by atoms with Crippen molar-refractivity contribution >= 4 is 34.4 Å². The first-order valence-electron chi connectivity index (χ1n) is 5.36. The molecule has 2 unspecified atom stereocenters. The lowest BCUT2D eigenvalue weighted by Crippen LogP contribution is -2.09. The van der Waals surface area contributed by atoms with Crippen LogP contribution in [0.1, 0.15) is 26.0 Å². The van der Waals surface area contributed by atoms with Crippen molar-refractivity contribution in [3.8, 4) is 0 Å². The molecule has 90 valence electrons. The topological polar surface area (TPSA) is 52.8 Å². The first-order chi connectivity index (χ1) is 8.15. The molecule has 0 aliphatic carbocycles. The van der Waals surface area contributed by atoms with E-state index in [1.165, 1.54) is 0 Å². The van der Waals surface area contributed by atoms with Gasteiger partial charge in [-0.25, -0.2) is 9.97 Å². The summed E-state index contributed by atoms with van der Waals surface area (Å²) >= 11 is 11.8. The van der Waals surface area contributed by atoms with Crippen LogP contribution in [0.5, 0.6) is 0 Å². The number of fused-ring (bicyclic) bond motifs is 1. The Kier molecular flexibility index (Phi) is 2.69. The lowest BCUT2D eigenvalue weighted by atomic mass is 10.2. The zero-order chi connectivity index (χ0) is 12.0. The molecular weight excluding hydrogens is 263 g/mol. The highest BCUT2D eigenvalue weighted by Crippen LogP contribution is 2.31. The van der Waals surface area contributed by atoms with E-state index in [0.29, 0.717) is 11.2 Å². The van der Waals surface area contributed by atoms with E-state index in [1.807, 2.05) is 11.5 Å². The quantitative estimate of drug-likeness (QED) is 0.592. The Hall–Kier alpha value is -0.910. The summed E-state index contributed by atoms with van der Waals surface area (Å²) in [5.74, 6) is 0. The number of ether oxygens (including phenoxy) is 1. The van der Waals surface area contributed by atoms with E-state index in [2.05, 4.69) is 15.0 Å². The van der Waals surface area contributed by atoms with Crippen molar-refractivity contribution in [2.75, 3.05) is 0 Å². The molecule has 17 heavy (non-hydrogen) atoms. The third-order valence-corrected chi connectivity index (χ3v) is 3.30. The molecule has 1 aliphatic heterocycles. The lowest BCUT2D eigenvalue weighted by molar-refractivity contribution is 0.0131. The van der Waals surface area contributed by atoms with Crippen LogP contribution in [-0.2, 0) is 4.74 Å². The highest BCUT2D eigenvalue weighted by Gasteiger charge is 2.25.